The molecule has 3 nitrogen and oxygen atoms in total. The number of ether oxygens (including phenoxy) is 1. The van der Waals surface area contributed by atoms with Gasteiger partial charge >= 0.3 is 0 Å². The van der Waals surface area contributed by atoms with Crippen molar-refractivity contribution in [3.05, 3.63) is 39.7 Å². The van der Waals surface area contributed by atoms with Crippen LogP contribution in [0.4, 0.5) is 0 Å². The molecule has 1 unspecified atom stereocenters. The van der Waals surface area contributed by atoms with E-state index in [1.165, 1.54) is 26.7 Å². The maximum atomic E-state index is 5.58. The van der Waals surface area contributed by atoms with Crippen LogP contribution in [0.3, 0.4) is 0 Å². The van der Waals surface area contributed by atoms with Crippen molar-refractivity contribution >= 4 is 11.3 Å². The largest absolute Gasteiger partial charge is 0.378 e. The highest BCUT2D eigenvalue weighted by molar-refractivity contribution is 7.12. The second kappa shape index (κ2) is 4.90. The predicted molar refractivity (Wildman–Crippen MR) is 85.8 cm³/mol. The van der Waals surface area contributed by atoms with Crippen LogP contribution < -0.4 is 5.32 Å². The summed E-state index contributed by atoms with van der Waals surface area (Å²) >= 11 is 1.85. The Morgan fingerprint density at radius 2 is 2.19 bits per heavy atom. The summed E-state index contributed by atoms with van der Waals surface area (Å²) in [6, 6.07) is 8.97. The van der Waals surface area contributed by atoms with E-state index in [1.54, 1.807) is 0 Å². The van der Waals surface area contributed by atoms with Crippen LogP contribution in [-0.2, 0) is 16.6 Å². The lowest BCUT2D eigenvalue weighted by Gasteiger charge is -2.31. The zero-order valence-electron chi connectivity index (χ0n) is 12.5. The molecular weight excluding hydrogens is 280 g/mol. The van der Waals surface area contributed by atoms with E-state index in [2.05, 4.69) is 43.4 Å². The number of nitrogens with one attached hydrogen (secondary N) is 1. The first-order valence-corrected chi connectivity index (χ1v) is 8.37. The third kappa shape index (κ3) is 2.22. The molecule has 0 spiro atoms. The van der Waals surface area contributed by atoms with Gasteiger partial charge in [0.2, 0.25) is 0 Å². The molecular formula is C17H20N2OS. The quantitative estimate of drug-likeness (QED) is 0.877. The second-order valence-electron chi connectivity index (χ2n) is 6.51. The Hall–Kier alpha value is -1.23. The van der Waals surface area contributed by atoms with Crippen molar-refractivity contribution in [2.45, 2.75) is 31.7 Å². The lowest BCUT2D eigenvalue weighted by Crippen LogP contribution is -2.34. The van der Waals surface area contributed by atoms with Crippen LogP contribution in [0.1, 0.15) is 35.3 Å². The summed E-state index contributed by atoms with van der Waals surface area (Å²) in [5.41, 5.74) is 4.10. The van der Waals surface area contributed by atoms with Gasteiger partial charge in [-0.25, -0.2) is 4.98 Å². The highest BCUT2D eigenvalue weighted by Crippen LogP contribution is 2.45. The fraction of sp³-hybridized carbons (Fsp3) is 0.471. The summed E-state index contributed by atoms with van der Waals surface area (Å²) in [5.74, 6) is 0. The van der Waals surface area contributed by atoms with Gasteiger partial charge in [0.25, 0.3) is 0 Å². The van der Waals surface area contributed by atoms with Crippen molar-refractivity contribution in [2.24, 2.45) is 0 Å². The molecule has 0 radical (unpaired) electrons. The maximum Gasteiger partial charge on any atom is 0.113 e. The summed E-state index contributed by atoms with van der Waals surface area (Å²) in [6.07, 6.45) is 1.07. The zero-order valence-corrected chi connectivity index (χ0v) is 13.3. The van der Waals surface area contributed by atoms with Gasteiger partial charge in [0.05, 0.1) is 24.9 Å². The number of hydrogen-bond donors (Lipinski definition) is 1. The number of thiazole rings is 1. The number of nitrogens with zero attached hydrogens (tertiary/aromatic N) is 1. The molecule has 1 atom stereocenters. The van der Waals surface area contributed by atoms with Gasteiger partial charge in [0, 0.05) is 17.0 Å². The number of aromatic nitrogens is 1. The van der Waals surface area contributed by atoms with E-state index in [0.29, 0.717) is 0 Å². The minimum Gasteiger partial charge on any atom is -0.378 e. The topological polar surface area (TPSA) is 34.1 Å². The van der Waals surface area contributed by atoms with E-state index >= 15 is 0 Å². The summed E-state index contributed by atoms with van der Waals surface area (Å²) in [7, 11) is 0. The van der Waals surface area contributed by atoms with Crippen molar-refractivity contribution in [1.29, 1.82) is 0 Å². The van der Waals surface area contributed by atoms with Crippen LogP contribution in [0.15, 0.2) is 24.3 Å². The second-order valence-corrected chi connectivity index (χ2v) is 7.63. The van der Waals surface area contributed by atoms with E-state index in [0.717, 1.165) is 26.2 Å². The van der Waals surface area contributed by atoms with Gasteiger partial charge < -0.3 is 10.1 Å². The number of hydrogen-bond acceptors (Lipinski definition) is 4. The SMILES string of the molecule is CC1(C)Cc2sc(C3COCCN3)nc2-c2ccccc21. The lowest BCUT2D eigenvalue weighted by atomic mass is 9.74. The van der Waals surface area contributed by atoms with Gasteiger partial charge in [-0.2, -0.15) is 0 Å². The molecule has 1 aliphatic carbocycles. The van der Waals surface area contributed by atoms with Gasteiger partial charge in [-0.3, -0.25) is 0 Å². The van der Waals surface area contributed by atoms with Crippen LogP contribution in [0.5, 0.6) is 0 Å². The molecule has 0 amide bonds. The number of rotatable bonds is 1. The fourth-order valence-corrected chi connectivity index (χ4v) is 4.72. The van der Waals surface area contributed by atoms with E-state index in [1.807, 2.05) is 11.3 Å². The third-order valence-electron chi connectivity index (χ3n) is 4.45. The fourth-order valence-electron chi connectivity index (χ4n) is 3.35. The Morgan fingerprint density at radius 1 is 1.33 bits per heavy atom. The molecule has 1 aromatic heterocycles. The van der Waals surface area contributed by atoms with Crippen molar-refractivity contribution in [1.82, 2.24) is 10.3 Å². The van der Waals surface area contributed by atoms with Crippen LogP contribution in [-0.4, -0.2) is 24.7 Å². The Bertz CT molecular complexity index is 671. The average Bonchev–Trinajstić information content (AvgIpc) is 2.91. The van der Waals surface area contributed by atoms with Gasteiger partial charge in [-0.05, 0) is 17.4 Å². The first-order chi connectivity index (χ1) is 10.1. The molecule has 2 heterocycles. The Kier molecular flexibility index (Phi) is 3.14. The molecule has 110 valence electrons. The third-order valence-corrected chi connectivity index (χ3v) is 5.62. The van der Waals surface area contributed by atoms with Crippen LogP contribution in [0.2, 0.25) is 0 Å². The van der Waals surface area contributed by atoms with Crippen molar-refractivity contribution in [2.75, 3.05) is 19.8 Å². The first-order valence-electron chi connectivity index (χ1n) is 7.56. The van der Waals surface area contributed by atoms with E-state index in [9.17, 15) is 0 Å². The van der Waals surface area contributed by atoms with E-state index in [-0.39, 0.29) is 11.5 Å². The lowest BCUT2D eigenvalue weighted by molar-refractivity contribution is 0.0768. The Balaban J connectivity index is 1.79. The molecule has 4 rings (SSSR count). The summed E-state index contributed by atoms with van der Waals surface area (Å²) < 4.78 is 5.58. The molecule has 2 aliphatic rings. The molecule has 0 bridgehead atoms. The van der Waals surface area contributed by atoms with E-state index < -0.39 is 0 Å². The highest BCUT2D eigenvalue weighted by atomic mass is 32.1. The van der Waals surface area contributed by atoms with Gasteiger partial charge in [0.15, 0.2) is 0 Å². The number of benzene rings is 1. The minimum absolute atomic E-state index is 0.184. The maximum absolute atomic E-state index is 5.58. The predicted octanol–water partition coefficient (Wildman–Crippen LogP) is 3.30. The van der Waals surface area contributed by atoms with Crippen LogP contribution >= 0.6 is 11.3 Å². The summed E-state index contributed by atoms with van der Waals surface area (Å²) in [5, 5.41) is 4.69. The molecule has 1 fully saturated rings. The molecule has 21 heavy (non-hydrogen) atoms. The Labute approximate surface area is 129 Å². The van der Waals surface area contributed by atoms with Crippen molar-refractivity contribution in [3.63, 3.8) is 0 Å². The van der Waals surface area contributed by atoms with Crippen LogP contribution in [0.25, 0.3) is 11.3 Å². The first kappa shape index (κ1) is 13.4. The molecule has 1 aromatic carbocycles. The summed E-state index contributed by atoms with van der Waals surface area (Å²) in [6.45, 7) is 7.11. The van der Waals surface area contributed by atoms with Gasteiger partial charge in [0.1, 0.15) is 5.01 Å². The normalized spacial score (nSPS) is 23.4. The standard InChI is InChI=1S/C17H20N2OS/c1-17(2)9-14-15(11-5-3-4-6-12(11)17)19-16(21-14)13-10-20-8-7-18-13/h3-6,13,18H,7-10H2,1-2H3. The summed E-state index contributed by atoms with van der Waals surface area (Å²) in [4.78, 5) is 6.38. The van der Waals surface area contributed by atoms with Crippen molar-refractivity contribution in [3.8, 4) is 11.3 Å². The molecule has 2 aromatic rings. The molecule has 1 saturated heterocycles. The minimum atomic E-state index is 0.184. The zero-order chi connectivity index (χ0) is 14.4. The van der Waals surface area contributed by atoms with E-state index in [4.69, 9.17) is 9.72 Å². The Morgan fingerprint density at radius 3 is 3.00 bits per heavy atom. The monoisotopic (exact) mass is 300 g/mol. The van der Waals surface area contributed by atoms with Gasteiger partial charge in [-0.15, -0.1) is 11.3 Å². The molecule has 4 heteroatoms. The molecule has 0 saturated carbocycles. The number of morpholine rings is 1. The van der Waals surface area contributed by atoms with Crippen molar-refractivity contribution < 1.29 is 4.74 Å². The highest BCUT2D eigenvalue weighted by Gasteiger charge is 2.34. The van der Waals surface area contributed by atoms with Gasteiger partial charge in [-0.1, -0.05) is 38.1 Å². The number of fused-ring (bicyclic) bond motifs is 3. The molecule has 1 aliphatic heterocycles. The smallest absolute Gasteiger partial charge is 0.113 e. The average molecular weight is 300 g/mol. The van der Waals surface area contributed by atoms with Crippen LogP contribution in [0, 0.1) is 0 Å². The molecule has 1 N–H and O–H groups in total.